The molecule has 4 aromatic rings. The minimum Gasteiger partial charge on any atom is -0.207 e. The Morgan fingerprint density at radius 2 is 1.03 bits per heavy atom. The summed E-state index contributed by atoms with van der Waals surface area (Å²) in [5.41, 5.74) is 9.73. The summed E-state index contributed by atoms with van der Waals surface area (Å²) >= 11 is 0. The highest BCUT2D eigenvalue weighted by Crippen LogP contribution is 2.35. The molecular weight excluding hydrogens is 355 g/mol. The normalized spacial score (nSPS) is 12.0. The van der Waals surface area contributed by atoms with Gasteiger partial charge in [0.1, 0.15) is 5.82 Å². The Hall–Kier alpha value is -3.19. The monoisotopic (exact) mass is 380 g/mol. The standard InChI is InChI=1S/C28H25F/c1-19-4-8-22(9-5-19)25-14-17-27(21(3)18-25)28(23-10-6-20(2)7-11-23)24-12-15-26(29)16-13-24/h4-18,28H,1-3H3. The smallest absolute Gasteiger partial charge is 0.123 e. The van der Waals surface area contributed by atoms with Crippen molar-refractivity contribution in [2.24, 2.45) is 0 Å². The van der Waals surface area contributed by atoms with E-state index in [9.17, 15) is 4.39 Å². The summed E-state index contributed by atoms with van der Waals surface area (Å²) in [6.07, 6.45) is 0. The van der Waals surface area contributed by atoms with E-state index in [-0.39, 0.29) is 11.7 Å². The number of hydrogen-bond donors (Lipinski definition) is 0. The number of benzene rings is 4. The molecule has 29 heavy (non-hydrogen) atoms. The average molecular weight is 381 g/mol. The minimum absolute atomic E-state index is 0.0725. The first-order valence-corrected chi connectivity index (χ1v) is 10.0. The molecule has 1 heteroatoms. The zero-order chi connectivity index (χ0) is 20.4. The summed E-state index contributed by atoms with van der Waals surface area (Å²) in [4.78, 5) is 0. The highest BCUT2D eigenvalue weighted by atomic mass is 19.1. The maximum absolute atomic E-state index is 13.6. The Balaban J connectivity index is 1.80. The van der Waals surface area contributed by atoms with E-state index in [4.69, 9.17) is 0 Å². The van der Waals surface area contributed by atoms with Gasteiger partial charge in [-0.3, -0.25) is 0 Å². The molecule has 1 unspecified atom stereocenters. The molecule has 0 aromatic heterocycles. The molecule has 1 atom stereocenters. The van der Waals surface area contributed by atoms with E-state index in [1.165, 1.54) is 38.9 Å². The number of rotatable bonds is 4. The zero-order valence-electron chi connectivity index (χ0n) is 17.1. The fourth-order valence-corrected chi connectivity index (χ4v) is 3.89. The van der Waals surface area contributed by atoms with Crippen LogP contribution in [-0.4, -0.2) is 0 Å². The van der Waals surface area contributed by atoms with E-state index < -0.39 is 0 Å². The molecule has 0 spiro atoms. The first-order valence-electron chi connectivity index (χ1n) is 10.0. The van der Waals surface area contributed by atoms with Gasteiger partial charge in [0.05, 0.1) is 0 Å². The third-order valence-corrected chi connectivity index (χ3v) is 5.58. The van der Waals surface area contributed by atoms with Gasteiger partial charge in [0, 0.05) is 5.92 Å². The lowest BCUT2D eigenvalue weighted by Crippen LogP contribution is -2.06. The van der Waals surface area contributed by atoms with Crippen LogP contribution in [0.5, 0.6) is 0 Å². The Morgan fingerprint density at radius 3 is 1.59 bits per heavy atom. The summed E-state index contributed by atoms with van der Waals surface area (Å²) in [6, 6.07) is 30.8. The molecule has 0 heterocycles. The highest BCUT2D eigenvalue weighted by Gasteiger charge is 2.19. The van der Waals surface area contributed by atoms with Crippen LogP contribution in [0.3, 0.4) is 0 Å². The van der Waals surface area contributed by atoms with Crippen LogP contribution in [0.2, 0.25) is 0 Å². The van der Waals surface area contributed by atoms with Crippen molar-refractivity contribution >= 4 is 0 Å². The lowest BCUT2D eigenvalue weighted by molar-refractivity contribution is 0.627. The largest absolute Gasteiger partial charge is 0.207 e. The molecule has 144 valence electrons. The molecule has 0 saturated carbocycles. The summed E-state index contributed by atoms with van der Waals surface area (Å²) in [5.74, 6) is -0.133. The average Bonchev–Trinajstić information content (AvgIpc) is 2.72. The van der Waals surface area contributed by atoms with Gasteiger partial charge in [0.15, 0.2) is 0 Å². The Labute approximate surface area is 172 Å². The fraction of sp³-hybridized carbons (Fsp3) is 0.143. The van der Waals surface area contributed by atoms with Gasteiger partial charge in [0.2, 0.25) is 0 Å². The maximum atomic E-state index is 13.6. The van der Waals surface area contributed by atoms with Gasteiger partial charge in [-0.1, -0.05) is 90.0 Å². The fourth-order valence-electron chi connectivity index (χ4n) is 3.89. The predicted octanol–water partition coefficient (Wildman–Crippen LogP) is 7.60. The van der Waals surface area contributed by atoms with Crippen molar-refractivity contribution in [3.63, 3.8) is 0 Å². The van der Waals surface area contributed by atoms with E-state index in [1.54, 1.807) is 12.1 Å². The lowest BCUT2D eigenvalue weighted by atomic mass is 9.82. The summed E-state index contributed by atoms with van der Waals surface area (Å²) < 4.78 is 13.6. The van der Waals surface area contributed by atoms with Crippen LogP contribution < -0.4 is 0 Å². The second-order valence-electron chi connectivity index (χ2n) is 7.83. The highest BCUT2D eigenvalue weighted by molar-refractivity contribution is 5.66. The molecular formula is C28H25F. The van der Waals surface area contributed by atoms with Crippen LogP contribution in [0, 0.1) is 26.6 Å². The maximum Gasteiger partial charge on any atom is 0.123 e. The topological polar surface area (TPSA) is 0 Å². The lowest BCUT2D eigenvalue weighted by Gasteiger charge is -2.22. The zero-order valence-corrected chi connectivity index (χ0v) is 17.1. The first kappa shape index (κ1) is 19.1. The van der Waals surface area contributed by atoms with Crippen molar-refractivity contribution in [1.82, 2.24) is 0 Å². The second-order valence-corrected chi connectivity index (χ2v) is 7.83. The molecule has 0 radical (unpaired) electrons. The minimum atomic E-state index is -0.206. The van der Waals surface area contributed by atoms with Crippen molar-refractivity contribution in [2.75, 3.05) is 0 Å². The quantitative estimate of drug-likeness (QED) is 0.320. The van der Waals surface area contributed by atoms with Gasteiger partial charge in [-0.25, -0.2) is 4.39 Å². The number of halogens is 1. The van der Waals surface area contributed by atoms with Crippen molar-refractivity contribution in [3.05, 3.63) is 130 Å². The van der Waals surface area contributed by atoms with Crippen molar-refractivity contribution < 1.29 is 4.39 Å². The van der Waals surface area contributed by atoms with E-state index in [1.807, 2.05) is 12.1 Å². The van der Waals surface area contributed by atoms with E-state index >= 15 is 0 Å². The van der Waals surface area contributed by atoms with Gasteiger partial charge in [-0.2, -0.15) is 0 Å². The summed E-state index contributed by atoms with van der Waals surface area (Å²) in [7, 11) is 0. The third kappa shape index (κ3) is 4.14. The summed E-state index contributed by atoms with van der Waals surface area (Å²) in [6.45, 7) is 6.36. The van der Waals surface area contributed by atoms with Gasteiger partial charge in [-0.15, -0.1) is 0 Å². The van der Waals surface area contributed by atoms with Crippen LogP contribution >= 0.6 is 0 Å². The molecule has 0 aliphatic rings. The van der Waals surface area contributed by atoms with Gasteiger partial charge in [0.25, 0.3) is 0 Å². The molecule has 4 rings (SSSR count). The van der Waals surface area contributed by atoms with Gasteiger partial charge in [-0.05, 0) is 66.3 Å². The number of aryl methyl sites for hydroxylation is 3. The second kappa shape index (κ2) is 8.05. The van der Waals surface area contributed by atoms with Crippen molar-refractivity contribution in [1.29, 1.82) is 0 Å². The molecule has 0 aliphatic heterocycles. The molecule has 0 bridgehead atoms. The Morgan fingerprint density at radius 1 is 0.552 bits per heavy atom. The molecule has 4 aromatic carbocycles. The van der Waals surface area contributed by atoms with Crippen LogP contribution in [0.4, 0.5) is 4.39 Å². The van der Waals surface area contributed by atoms with E-state index in [0.29, 0.717) is 0 Å². The Kier molecular flexibility index (Phi) is 5.31. The predicted molar refractivity (Wildman–Crippen MR) is 120 cm³/mol. The summed E-state index contributed by atoms with van der Waals surface area (Å²) in [5, 5.41) is 0. The van der Waals surface area contributed by atoms with Crippen LogP contribution in [-0.2, 0) is 0 Å². The molecule has 0 aliphatic carbocycles. The van der Waals surface area contributed by atoms with Gasteiger partial charge >= 0.3 is 0 Å². The van der Waals surface area contributed by atoms with E-state index in [2.05, 4.69) is 87.5 Å². The van der Waals surface area contributed by atoms with Crippen LogP contribution in [0.1, 0.15) is 39.3 Å². The Bertz CT molecular complexity index is 1060. The van der Waals surface area contributed by atoms with Gasteiger partial charge < -0.3 is 0 Å². The van der Waals surface area contributed by atoms with E-state index in [0.717, 1.165) is 5.56 Å². The third-order valence-electron chi connectivity index (χ3n) is 5.58. The number of hydrogen-bond acceptors (Lipinski definition) is 0. The first-order chi connectivity index (χ1) is 14.0. The molecule has 0 fully saturated rings. The molecule has 0 amide bonds. The van der Waals surface area contributed by atoms with Crippen molar-refractivity contribution in [3.8, 4) is 11.1 Å². The molecule has 0 N–H and O–H groups in total. The van der Waals surface area contributed by atoms with Crippen LogP contribution in [0.15, 0.2) is 91.0 Å². The molecule has 0 nitrogen and oxygen atoms in total. The van der Waals surface area contributed by atoms with Crippen molar-refractivity contribution in [2.45, 2.75) is 26.7 Å². The van der Waals surface area contributed by atoms with Crippen LogP contribution in [0.25, 0.3) is 11.1 Å². The molecule has 0 saturated heterocycles. The SMILES string of the molecule is Cc1ccc(-c2ccc(C(c3ccc(C)cc3)c3ccc(F)cc3)c(C)c2)cc1.